The van der Waals surface area contributed by atoms with Crippen molar-refractivity contribution in [2.24, 2.45) is 5.92 Å². The summed E-state index contributed by atoms with van der Waals surface area (Å²) in [7, 11) is 0. The van der Waals surface area contributed by atoms with E-state index in [1.54, 1.807) is 6.92 Å². The minimum Gasteiger partial charge on any atom is -0.396 e. The van der Waals surface area contributed by atoms with Crippen LogP contribution in [0.4, 0.5) is 19.1 Å². The number of aliphatic hydroxyl groups is 1. The number of nitrogens with one attached hydrogen (secondary N) is 1. The van der Waals surface area contributed by atoms with Crippen LogP contribution in [-0.2, 0) is 6.18 Å². The van der Waals surface area contributed by atoms with Crippen LogP contribution in [0.1, 0.15) is 12.6 Å². The highest BCUT2D eigenvalue weighted by atomic mass is 19.4. The summed E-state index contributed by atoms with van der Waals surface area (Å²) >= 11 is 0. The first kappa shape index (κ1) is 12.7. The average Bonchev–Trinajstić information content (AvgIpc) is 2.25. The maximum Gasteiger partial charge on any atom is 0.433 e. The molecule has 1 unspecified atom stereocenters. The largest absolute Gasteiger partial charge is 0.433 e. The number of hydrogen-bond donors (Lipinski definition) is 2. The second-order valence-electron chi connectivity index (χ2n) is 3.43. The molecule has 0 saturated heterocycles. The molecule has 1 rings (SSSR count). The molecule has 2 N–H and O–H groups in total. The fraction of sp³-hybridized carbons (Fsp3) is 0.556. The molecule has 1 aromatic heterocycles. The zero-order valence-electron chi connectivity index (χ0n) is 8.62. The highest BCUT2D eigenvalue weighted by Gasteiger charge is 2.32. The standard InChI is InChI=1S/C9H12F3N3O/c1-6(5-16)4-14-8-13-3-2-7(15-8)9(10,11)12/h2-3,6,16H,4-5H2,1H3,(H,13,14,15). The van der Waals surface area contributed by atoms with Gasteiger partial charge < -0.3 is 10.4 Å². The monoisotopic (exact) mass is 235 g/mol. The van der Waals surface area contributed by atoms with Crippen molar-refractivity contribution in [1.82, 2.24) is 9.97 Å². The van der Waals surface area contributed by atoms with Gasteiger partial charge >= 0.3 is 6.18 Å². The van der Waals surface area contributed by atoms with Crippen LogP contribution in [0, 0.1) is 5.92 Å². The molecule has 0 saturated carbocycles. The molecule has 0 bridgehead atoms. The molecular weight excluding hydrogens is 223 g/mol. The van der Waals surface area contributed by atoms with Gasteiger partial charge in [-0.05, 0) is 12.0 Å². The van der Waals surface area contributed by atoms with Gasteiger partial charge in [0, 0.05) is 19.3 Å². The maximum absolute atomic E-state index is 12.3. The van der Waals surface area contributed by atoms with Crippen LogP contribution < -0.4 is 5.32 Å². The summed E-state index contributed by atoms with van der Waals surface area (Å²) in [4.78, 5) is 6.98. The maximum atomic E-state index is 12.3. The fourth-order valence-corrected chi connectivity index (χ4v) is 0.932. The quantitative estimate of drug-likeness (QED) is 0.831. The smallest absolute Gasteiger partial charge is 0.396 e. The van der Waals surface area contributed by atoms with Crippen molar-refractivity contribution in [2.45, 2.75) is 13.1 Å². The third-order valence-electron chi connectivity index (χ3n) is 1.87. The number of aromatic nitrogens is 2. The molecule has 0 spiro atoms. The first-order chi connectivity index (χ1) is 7.43. The number of nitrogens with zero attached hydrogens (tertiary/aromatic N) is 2. The van der Waals surface area contributed by atoms with Gasteiger partial charge in [-0.3, -0.25) is 0 Å². The Morgan fingerprint density at radius 3 is 2.75 bits per heavy atom. The highest BCUT2D eigenvalue weighted by molar-refractivity contribution is 5.25. The molecular formula is C9H12F3N3O. The Kier molecular flexibility index (Phi) is 4.05. The second-order valence-corrected chi connectivity index (χ2v) is 3.43. The van der Waals surface area contributed by atoms with Gasteiger partial charge in [-0.1, -0.05) is 6.92 Å². The number of aliphatic hydroxyl groups excluding tert-OH is 1. The van der Waals surface area contributed by atoms with Crippen LogP contribution in [0.5, 0.6) is 0 Å². The Morgan fingerprint density at radius 2 is 2.19 bits per heavy atom. The minimum absolute atomic E-state index is 0.0496. The van der Waals surface area contributed by atoms with E-state index in [4.69, 9.17) is 5.11 Å². The lowest BCUT2D eigenvalue weighted by Gasteiger charge is -2.11. The molecule has 4 nitrogen and oxygen atoms in total. The fourth-order valence-electron chi connectivity index (χ4n) is 0.932. The van der Waals surface area contributed by atoms with Gasteiger partial charge in [0.1, 0.15) is 5.69 Å². The molecule has 0 radical (unpaired) electrons. The van der Waals surface area contributed by atoms with Crippen LogP contribution in [0.15, 0.2) is 12.3 Å². The molecule has 1 aromatic rings. The molecule has 0 aliphatic carbocycles. The molecule has 0 aliphatic rings. The summed E-state index contributed by atoms with van der Waals surface area (Å²) < 4.78 is 36.8. The summed E-state index contributed by atoms with van der Waals surface area (Å²) in [5.41, 5.74) is -0.985. The van der Waals surface area contributed by atoms with Crippen LogP contribution in [0.25, 0.3) is 0 Å². The zero-order valence-corrected chi connectivity index (χ0v) is 8.62. The van der Waals surface area contributed by atoms with Gasteiger partial charge in [0.15, 0.2) is 0 Å². The van der Waals surface area contributed by atoms with E-state index in [-0.39, 0.29) is 18.5 Å². The SMILES string of the molecule is CC(CO)CNc1nccc(C(F)(F)F)n1. The first-order valence-corrected chi connectivity index (χ1v) is 4.68. The van der Waals surface area contributed by atoms with Crippen molar-refractivity contribution in [3.05, 3.63) is 18.0 Å². The summed E-state index contributed by atoms with van der Waals surface area (Å²) in [6, 6.07) is 0.806. The third kappa shape index (κ3) is 3.65. The van der Waals surface area contributed by atoms with Crippen molar-refractivity contribution in [3.63, 3.8) is 0 Å². The number of rotatable bonds is 4. The Morgan fingerprint density at radius 1 is 1.50 bits per heavy atom. The van der Waals surface area contributed by atoms with Crippen LogP contribution in [-0.4, -0.2) is 28.2 Å². The van der Waals surface area contributed by atoms with Crippen molar-refractivity contribution < 1.29 is 18.3 Å². The van der Waals surface area contributed by atoms with Gasteiger partial charge in [-0.15, -0.1) is 0 Å². The summed E-state index contributed by atoms with van der Waals surface area (Å²) in [5.74, 6) is -0.159. The lowest BCUT2D eigenvalue weighted by molar-refractivity contribution is -0.141. The van der Waals surface area contributed by atoms with Gasteiger partial charge in [0.2, 0.25) is 5.95 Å². The number of anilines is 1. The van der Waals surface area contributed by atoms with E-state index >= 15 is 0 Å². The van der Waals surface area contributed by atoms with E-state index in [1.165, 1.54) is 0 Å². The molecule has 1 atom stereocenters. The molecule has 0 aromatic carbocycles. The Balaban J connectivity index is 2.68. The molecule has 0 fully saturated rings. The topological polar surface area (TPSA) is 58.0 Å². The first-order valence-electron chi connectivity index (χ1n) is 4.68. The average molecular weight is 235 g/mol. The zero-order chi connectivity index (χ0) is 12.2. The van der Waals surface area contributed by atoms with Gasteiger partial charge in [-0.2, -0.15) is 13.2 Å². The number of hydrogen-bond acceptors (Lipinski definition) is 4. The third-order valence-corrected chi connectivity index (χ3v) is 1.87. The molecule has 16 heavy (non-hydrogen) atoms. The van der Waals surface area contributed by atoms with E-state index in [0.29, 0.717) is 6.54 Å². The molecule has 0 aliphatic heterocycles. The minimum atomic E-state index is -4.47. The Labute approximate surface area is 90.5 Å². The summed E-state index contributed by atoms with van der Waals surface area (Å²) in [5, 5.41) is 11.4. The molecule has 1 heterocycles. The van der Waals surface area contributed by atoms with Gasteiger partial charge in [-0.25, -0.2) is 9.97 Å². The van der Waals surface area contributed by atoms with E-state index in [2.05, 4.69) is 15.3 Å². The van der Waals surface area contributed by atoms with E-state index in [0.717, 1.165) is 12.3 Å². The number of alkyl halides is 3. The molecule has 7 heteroatoms. The number of halogens is 3. The lowest BCUT2D eigenvalue weighted by atomic mass is 10.2. The van der Waals surface area contributed by atoms with Crippen molar-refractivity contribution in [3.8, 4) is 0 Å². The van der Waals surface area contributed by atoms with Crippen LogP contribution >= 0.6 is 0 Å². The van der Waals surface area contributed by atoms with Gasteiger partial charge in [0.05, 0.1) is 0 Å². The van der Waals surface area contributed by atoms with Crippen molar-refractivity contribution in [2.75, 3.05) is 18.5 Å². The van der Waals surface area contributed by atoms with Crippen LogP contribution in [0.2, 0.25) is 0 Å². The van der Waals surface area contributed by atoms with E-state index in [9.17, 15) is 13.2 Å². The predicted octanol–water partition coefficient (Wildman–Crippen LogP) is 1.54. The van der Waals surface area contributed by atoms with Crippen molar-refractivity contribution in [1.29, 1.82) is 0 Å². The normalized spacial score (nSPS) is 13.6. The van der Waals surface area contributed by atoms with Crippen molar-refractivity contribution >= 4 is 5.95 Å². The summed E-state index contributed by atoms with van der Waals surface area (Å²) in [6.45, 7) is 2.02. The van der Waals surface area contributed by atoms with E-state index < -0.39 is 11.9 Å². The van der Waals surface area contributed by atoms with Crippen LogP contribution in [0.3, 0.4) is 0 Å². The Hall–Kier alpha value is -1.37. The lowest BCUT2D eigenvalue weighted by Crippen LogP contribution is -2.17. The van der Waals surface area contributed by atoms with Gasteiger partial charge in [0.25, 0.3) is 0 Å². The highest BCUT2D eigenvalue weighted by Crippen LogP contribution is 2.27. The molecule has 90 valence electrons. The molecule has 0 amide bonds. The predicted molar refractivity (Wildman–Crippen MR) is 51.8 cm³/mol. The van der Waals surface area contributed by atoms with E-state index in [1.807, 2.05) is 0 Å². The second kappa shape index (κ2) is 5.11. The summed E-state index contributed by atoms with van der Waals surface area (Å²) in [6.07, 6.45) is -3.43. The Bertz CT molecular complexity index is 343.